The molecule has 1 saturated carbocycles. The van der Waals surface area contributed by atoms with Crippen molar-refractivity contribution in [2.45, 2.75) is 32.9 Å². The van der Waals surface area contributed by atoms with Gasteiger partial charge in [-0.1, -0.05) is 15.9 Å². The van der Waals surface area contributed by atoms with E-state index >= 15 is 0 Å². The first kappa shape index (κ1) is 23.9. The molecule has 0 aromatic heterocycles. The van der Waals surface area contributed by atoms with Crippen molar-refractivity contribution >= 4 is 51.8 Å². The van der Waals surface area contributed by atoms with E-state index in [0.29, 0.717) is 31.2 Å². The van der Waals surface area contributed by atoms with Gasteiger partial charge in [-0.05, 0) is 38.0 Å². The summed E-state index contributed by atoms with van der Waals surface area (Å²) in [5.41, 5.74) is 0.541. The molecule has 10 heteroatoms. The molecule has 0 unspecified atom stereocenters. The number of nitrogens with one attached hydrogen (secondary N) is 3. The molecule has 0 radical (unpaired) electrons. The number of halogens is 4. The Bertz CT molecular complexity index is 645. The molecule has 0 spiro atoms. The van der Waals surface area contributed by atoms with Crippen molar-refractivity contribution in [1.82, 2.24) is 16.0 Å². The molecule has 0 aliphatic heterocycles. The van der Waals surface area contributed by atoms with Gasteiger partial charge in [0, 0.05) is 35.6 Å². The lowest BCUT2D eigenvalue weighted by atomic mass is 10.2. The number of ether oxygens (including phenoxy) is 1. The number of hydrogen-bond donors (Lipinski definition) is 3. The Morgan fingerprint density at radius 3 is 2.63 bits per heavy atom. The lowest BCUT2D eigenvalue weighted by molar-refractivity contribution is -0.122. The van der Waals surface area contributed by atoms with E-state index < -0.39 is 6.61 Å². The van der Waals surface area contributed by atoms with Crippen LogP contribution in [-0.4, -0.2) is 38.1 Å². The molecule has 3 N–H and O–H groups in total. The topological polar surface area (TPSA) is 74.8 Å². The number of carbonyl (C=O) groups excluding carboxylic acids is 1. The maximum Gasteiger partial charge on any atom is 0.387 e. The second-order valence-electron chi connectivity index (χ2n) is 5.82. The molecule has 1 aromatic carbocycles. The number of carbonyl (C=O) groups is 1. The molecule has 6 nitrogen and oxygen atoms in total. The van der Waals surface area contributed by atoms with Gasteiger partial charge in [-0.2, -0.15) is 8.78 Å². The van der Waals surface area contributed by atoms with Crippen molar-refractivity contribution in [2.24, 2.45) is 10.9 Å². The Balaban J connectivity index is 0.00000364. The van der Waals surface area contributed by atoms with E-state index in [9.17, 15) is 13.6 Å². The highest BCUT2D eigenvalue weighted by Gasteiger charge is 2.28. The summed E-state index contributed by atoms with van der Waals surface area (Å²) in [6.07, 6.45) is 1.94. The summed E-state index contributed by atoms with van der Waals surface area (Å²) in [5, 5.41) is 9.04. The molecule has 0 saturated heterocycles. The Morgan fingerprint density at radius 1 is 1.30 bits per heavy atom. The molecular weight excluding hydrogens is 537 g/mol. The summed E-state index contributed by atoms with van der Waals surface area (Å²) in [4.78, 5) is 16.0. The molecular formula is C17H24BrF2IN4O2. The minimum absolute atomic E-state index is 0. The average molecular weight is 561 g/mol. The zero-order chi connectivity index (χ0) is 18.9. The Hall–Kier alpha value is -1.17. The normalized spacial score (nSPS) is 13.7. The molecule has 2 rings (SSSR count). The highest BCUT2D eigenvalue weighted by atomic mass is 127. The summed E-state index contributed by atoms with van der Waals surface area (Å²) >= 11 is 3.32. The molecule has 27 heavy (non-hydrogen) atoms. The van der Waals surface area contributed by atoms with E-state index in [0.717, 1.165) is 17.3 Å². The molecule has 1 aliphatic rings. The quantitative estimate of drug-likeness (QED) is 0.188. The molecule has 152 valence electrons. The van der Waals surface area contributed by atoms with Crippen LogP contribution in [0.25, 0.3) is 0 Å². The Morgan fingerprint density at radius 2 is 2.00 bits per heavy atom. The minimum atomic E-state index is -2.89. The van der Waals surface area contributed by atoms with Gasteiger partial charge in [0.1, 0.15) is 5.75 Å². The molecule has 0 heterocycles. The van der Waals surface area contributed by atoms with Crippen molar-refractivity contribution in [3.8, 4) is 5.75 Å². The summed E-state index contributed by atoms with van der Waals surface area (Å²) in [5.74, 6) is 0.911. The minimum Gasteiger partial charge on any atom is -0.434 e. The highest BCUT2D eigenvalue weighted by Crippen LogP contribution is 2.28. The molecule has 1 fully saturated rings. The van der Waals surface area contributed by atoms with Gasteiger partial charge in [0.05, 0.1) is 6.54 Å². The van der Waals surface area contributed by atoms with E-state index in [2.05, 4.69) is 41.6 Å². The summed E-state index contributed by atoms with van der Waals surface area (Å²) in [6, 6.07) is 4.81. The highest BCUT2D eigenvalue weighted by molar-refractivity contribution is 14.0. The van der Waals surface area contributed by atoms with Gasteiger partial charge in [0.15, 0.2) is 5.96 Å². The van der Waals surface area contributed by atoms with Crippen LogP contribution in [0, 0.1) is 5.92 Å². The first-order valence-corrected chi connectivity index (χ1v) is 9.32. The van der Waals surface area contributed by atoms with E-state index in [4.69, 9.17) is 0 Å². The largest absolute Gasteiger partial charge is 0.434 e. The second kappa shape index (κ2) is 12.3. The predicted octanol–water partition coefficient (Wildman–Crippen LogP) is 3.25. The maximum atomic E-state index is 12.5. The van der Waals surface area contributed by atoms with E-state index in [-0.39, 0.29) is 48.1 Å². The number of alkyl halides is 2. The zero-order valence-electron chi connectivity index (χ0n) is 14.9. The number of hydrogen-bond acceptors (Lipinski definition) is 3. The fourth-order valence-corrected chi connectivity index (χ4v) is 2.65. The van der Waals surface area contributed by atoms with Crippen LogP contribution in [0.2, 0.25) is 0 Å². The van der Waals surface area contributed by atoms with Gasteiger partial charge in [-0.25, -0.2) is 4.99 Å². The average Bonchev–Trinajstić information content (AvgIpc) is 3.43. The predicted molar refractivity (Wildman–Crippen MR) is 115 cm³/mol. The number of guanidine groups is 1. The van der Waals surface area contributed by atoms with Gasteiger partial charge in [0.2, 0.25) is 5.91 Å². The number of benzene rings is 1. The van der Waals surface area contributed by atoms with Crippen LogP contribution in [0.4, 0.5) is 8.78 Å². The Labute approximate surface area is 183 Å². The lowest BCUT2D eigenvalue weighted by Gasteiger charge is -2.13. The second-order valence-corrected chi connectivity index (χ2v) is 6.73. The van der Waals surface area contributed by atoms with Crippen molar-refractivity contribution in [1.29, 1.82) is 0 Å². The summed E-state index contributed by atoms with van der Waals surface area (Å²) < 4.78 is 30.3. The van der Waals surface area contributed by atoms with E-state index in [1.165, 1.54) is 6.07 Å². The standard InChI is InChI=1S/C17H23BrF2N4O2.HI/c1-2-21-17(23-8-7-22-15(25)11-3-4-11)24-10-12-9-13(18)5-6-14(12)26-16(19)20;/h5-6,9,11,16H,2-4,7-8,10H2,1H3,(H,22,25)(H2,21,23,24);1H. The van der Waals surface area contributed by atoms with Crippen molar-refractivity contribution in [2.75, 3.05) is 19.6 Å². The van der Waals surface area contributed by atoms with Crippen molar-refractivity contribution in [3.63, 3.8) is 0 Å². The number of amides is 1. The van der Waals surface area contributed by atoms with Crippen molar-refractivity contribution in [3.05, 3.63) is 28.2 Å². The van der Waals surface area contributed by atoms with Crippen LogP contribution in [0.15, 0.2) is 27.7 Å². The summed E-state index contributed by atoms with van der Waals surface area (Å²) in [6.45, 7) is 0.876. The van der Waals surface area contributed by atoms with E-state index in [1.807, 2.05) is 6.92 Å². The van der Waals surface area contributed by atoms with Gasteiger partial charge in [-0.15, -0.1) is 24.0 Å². The zero-order valence-corrected chi connectivity index (χ0v) is 18.9. The molecule has 0 bridgehead atoms. The van der Waals surface area contributed by atoms with Crippen LogP contribution in [0.3, 0.4) is 0 Å². The number of rotatable bonds is 9. The summed E-state index contributed by atoms with van der Waals surface area (Å²) in [7, 11) is 0. The third-order valence-electron chi connectivity index (χ3n) is 3.66. The van der Waals surface area contributed by atoms with Gasteiger partial charge >= 0.3 is 6.61 Å². The first-order chi connectivity index (χ1) is 12.5. The van der Waals surface area contributed by atoms with Crippen LogP contribution < -0.4 is 20.7 Å². The SMILES string of the molecule is CCNC(=NCc1cc(Br)ccc1OC(F)F)NCCNC(=O)C1CC1.I. The monoisotopic (exact) mass is 560 g/mol. The van der Waals surface area contributed by atoms with Gasteiger partial charge in [0.25, 0.3) is 0 Å². The van der Waals surface area contributed by atoms with Gasteiger partial charge < -0.3 is 20.7 Å². The maximum absolute atomic E-state index is 12.5. The van der Waals surface area contributed by atoms with Gasteiger partial charge in [-0.3, -0.25) is 4.79 Å². The smallest absolute Gasteiger partial charge is 0.387 e. The molecule has 1 aliphatic carbocycles. The van der Waals surface area contributed by atoms with Crippen LogP contribution in [0.5, 0.6) is 5.75 Å². The third-order valence-corrected chi connectivity index (χ3v) is 4.15. The fraction of sp³-hybridized carbons (Fsp3) is 0.529. The van der Waals surface area contributed by atoms with Crippen LogP contribution in [0.1, 0.15) is 25.3 Å². The molecule has 1 aromatic rings. The number of nitrogens with zero attached hydrogens (tertiary/aromatic N) is 1. The van der Waals surface area contributed by atoms with Crippen LogP contribution in [-0.2, 0) is 11.3 Å². The van der Waals surface area contributed by atoms with Crippen molar-refractivity contribution < 1.29 is 18.3 Å². The lowest BCUT2D eigenvalue weighted by Crippen LogP contribution is -2.41. The fourth-order valence-electron chi connectivity index (χ4n) is 2.24. The molecule has 1 amide bonds. The van der Waals surface area contributed by atoms with E-state index in [1.54, 1.807) is 12.1 Å². The van der Waals surface area contributed by atoms with Crippen LogP contribution >= 0.6 is 39.9 Å². The Kier molecular flexibility index (Phi) is 10.9. The number of aliphatic imine (C=N–C) groups is 1. The molecule has 0 atom stereocenters. The third kappa shape index (κ3) is 9.04. The first-order valence-electron chi connectivity index (χ1n) is 8.52.